The Morgan fingerprint density at radius 3 is 2.27 bits per heavy atom. The molecular weight excluding hydrogens is 345 g/mol. The zero-order chi connectivity index (χ0) is 16.1. The Morgan fingerprint density at radius 2 is 1.68 bits per heavy atom. The molecule has 1 amide bonds. The van der Waals surface area contributed by atoms with Gasteiger partial charge >= 0.3 is 0 Å². The van der Waals surface area contributed by atoms with Gasteiger partial charge in [0.05, 0.1) is 28.8 Å². The molecule has 2 aromatic carbocycles. The van der Waals surface area contributed by atoms with Gasteiger partial charge in [0.1, 0.15) is 5.75 Å². The Balaban J connectivity index is 1.87. The molecule has 0 aromatic heterocycles. The van der Waals surface area contributed by atoms with Crippen molar-refractivity contribution in [2.45, 2.75) is 13.3 Å². The molecule has 0 aliphatic carbocycles. The summed E-state index contributed by atoms with van der Waals surface area (Å²) >= 11 is 17.8. The summed E-state index contributed by atoms with van der Waals surface area (Å²) in [5.74, 6) is 0.485. The summed E-state index contributed by atoms with van der Waals surface area (Å²) in [5.41, 5.74) is 1.50. The molecule has 116 valence electrons. The molecule has 0 atom stereocenters. The van der Waals surface area contributed by atoms with E-state index in [1.807, 2.05) is 31.2 Å². The molecule has 6 heteroatoms. The molecule has 0 fully saturated rings. The molecule has 0 saturated carbocycles. The van der Waals surface area contributed by atoms with Crippen molar-refractivity contribution in [3.63, 3.8) is 0 Å². The Morgan fingerprint density at radius 1 is 1.09 bits per heavy atom. The van der Waals surface area contributed by atoms with E-state index in [9.17, 15) is 4.79 Å². The van der Waals surface area contributed by atoms with Gasteiger partial charge in [-0.25, -0.2) is 0 Å². The number of anilines is 1. The number of amides is 1. The summed E-state index contributed by atoms with van der Waals surface area (Å²) in [6, 6.07) is 10.7. The van der Waals surface area contributed by atoms with Gasteiger partial charge in [-0.2, -0.15) is 0 Å². The van der Waals surface area contributed by atoms with Gasteiger partial charge in [-0.05, 0) is 31.2 Å². The number of ether oxygens (including phenoxy) is 1. The predicted molar refractivity (Wildman–Crippen MR) is 91.4 cm³/mol. The zero-order valence-electron chi connectivity index (χ0n) is 11.8. The van der Waals surface area contributed by atoms with E-state index < -0.39 is 0 Å². The number of benzene rings is 2. The molecule has 0 heterocycles. The van der Waals surface area contributed by atoms with Gasteiger partial charge in [-0.1, -0.05) is 52.5 Å². The lowest BCUT2D eigenvalue weighted by atomic mass is 10.2. The van der Waals surface area contributed by atoms with Crippen LogP contribution in [0.25, 0.3) is 0 Å². The number of hydrogen-bond donors (Lipinski definition) is 1. The van der Waals surface area contributed by atoms with Gasteiger partial charge in [-0.3, -0.25) is 4.79 Å². The minimum atomic E-state index is -0.238. The molecule has 2 aromatic rings. The number of rotatable bonds is 5. The first-order valence-electron chi connectivity index (χ1n) is 6.59. The van der Waals surface area contributed by atoms with Crippen LogP contribution in [-0.2, 0) is 4.79 Å². The number of carbonyl (C=O) groups excluding carboxylic acids is 1. The minimum Gasteiger partial charge on any atom is -0.493 e. The average Bonchev–Trinajstić information content (AvgIpc) is 2.45. The topological polar surface area (TPSA) is 38.3 Å². The number of halogens is 3. The number of nitrogens with one attached hydrogen (secondary N) is 1. The van der Waals surface area contributed by atoms with Crippen molar-refractivity contribution in [3.8, 4) is 5.75 Å². The molecule has 0 saturated heterocycles. The SMILES string of the molecule is Cc1ccc(OCCC(=O)Nc2c(Cl)cc(Cl)cc2Cl)cc1. The molecule has 0 unspecified atom stereocenters. The van der Waals surface area contributed by atoms with Gasteiger partial charge in [-0.15, -0.1) is 0 Å². The third-order valence-electron chi connectivity index (χ3n) is 2.89. The average molecular weight is 359 g/mol. The van der Waals surface area contributed by atoms with Gasteiger partial charge in [0.2, 0.25) is 5.91 Å². The monoisotopic (exact) mass is 357 g/mol. The van der Waals surface area contributed by atoms with Crippen LogP contribution in [0.3, 0.4) is 0 Å². The molecule has 0 bridgehead atoms. The van der Waals surface area contributed by atoms with E-state index in [0.29, 0.717) is 20.8 Å². The van der Waals surface area contributed by atoms with Crippen molar-refractivity contribution < 1.29 is 9.53 Å². The first kappa shape index (κ1) is 16.9. The highest BCUT2D eigenvalue weighted by Crippen LogP contribution is 2.33. The normalized spacial score (nSPS) is 10.4. The smallest absolute Gasteiger partial charge is 0.227 e. The number of hydrogen-bond acceptors (Lipinski definition) is 2. The van der Waals surface area contributed by atoms with E-state index in [4.69, 9.17) is 39.5 Å². The summed E-state index contributed by atoms with van der Waals surface area (Å²) < 4.78 is 5.50. The Bertz CT molecular complexity index is 649. The van der Waals surface area contributed by atoms with Crippen LogP contribution in [0.2, 0.25) is 15.1 Å². The lowest BCUT2D eigenvalue weighted by Crippen LogP contribution is -2.15. The number of carbonyl (C=O) groups is 1. The maximum atomic E-state index is 11.9. The summed E-state index contributed by atoms with van der Waals surface area (Å²) in [7, 11) is 0. The van der Waals surface area contributed by atoms with Crippen LogP contribution in [0.5, 0.6) is 5.75 Å². The molecule has 0 aliphatic heterocycles. The third kappa shape index (κ3) is 4.80. The van der Waals surface area contributed by atoms with E-state index in [-0.39, 0.29) is 18.9 Å². The summed E-state index contributed by atoms with van der Waals surface area (Å²) in [5, 5.41) is 3.67. The van der Waals surface area contributed by atoms with Crippen molar-refractivity contribution >= 4 is 46.4 Å². The van der Waals surface area contributed by atoms with Crippen LogP contribution in [0.4, 0.5) is 5.69 Å². The predicted octanol–water partition coefficient (Wildman–Crippen LogP) is 5.36. The van der Waals surface area contributed by atoms with Crippen molar-refractivity contribution in [1.82, 2.24) is 0 Å². The highest BCUT2D eigenvalue weighted by molar-refractivity contribution is 6.42. The third-order valence-corrected chi connectivity index (χ3v) is 3.70. The van der Waals surface area contributed by atoms with Crippen molar-refractivity contribution in [2.24, 2.45) is 0 Å². The van der Waals surface area contributed by atoms with Gasteiger partial charge < -0.3 is 10.1 Å². The van der Waals surface area contributed by atoms with Crippen LogP contribution in [0.1, 0.15) is 12.0 Å². The molecule has 0 radical (unpaired) electrons. The molecule has 22 heavy (non-hydrogen) atoms. The van der Waals surface area contributed by atoms with E-state index in [0.717, 1.165) is 11.3 Å². The summed E-state index contributed by atoms with van der Waals surface area (Å²) in [6.07, 6.45) is 0.184. The maximum absolute atomic E-state index is 11.9. The van der Waals surface area contributed by atoms with Gasteiger partial charge in [0.15, 0.2) is 0 Å². The van der Waals surface area contributed by atoms with Crippen LogP contribution in [-0.4, -0.2) is 12.5 Å². The second-order valence-corrected chi connectivity index (χ2v) is 5.95. The van der Waals surface area contributed by atoms with Crippen LogP contribution >= 0.6 is 34.8 Å². The molecule has 0 spiro atoms. The Hall–Kier alpha value is -1.42. The first-order valence-corrected chi connectivity index (χ1v) is 7.73. The van der Waals surface area contributed by atoms with Crippen molar-refractivity contribution in [3.05, 3.63) is 57.0 Å². The lowest BCUT2D eigenvalue weighted by Gasteiger charge is -2.10. The molecule has 0 aliphatic rings. The fourth-order valence-corrected chi connectivity index (χ4v) is 2.67. The Labute approximate surface area is 144 Å². The number of aryl methyl sites for hydroxylation is 1. The van der Waals surface area contributed by atoms with E-state index in [1.54, 1.807) is 0 Å². The fraction of sp³-hybridized carbons (Fsp3) is 0.188. The fourth-order valence-electron chi connectivity index (χ4n) is 1.76. The van der Waals surface area contributed by atoms with Gasteiger partial charge in [0.25, 0.3) is 0 Å². The van der Waals surface area contributed by atoms with E-state index in [2.05, 4.69) is 5.32 Å². The van der Waals surface area contributed by atoms with E-state index in [1.165, 1.54) is 12.1 Å². The molecule has 2 rings (SSSR count). The molecular formula is C16H14Cl3NO2. The van der Waals surface area contributed by atoms with Crippen LogP contribution in [0.15, 0.2) is 36.4 Å². The van der Waals surface area contributed by atoms with Gasteiger partial charge in [0, 0.05) is 5.02 Å². The highest BCUT2D eigenvalue weighted by Gasteiger charge is 2.11. The quantitative estimate of drug-likeness (QED) is 0.781. The van der Waals surface area contributed by atoms with Crippen LogP contribution in [0, 0.1) is 6.92 Å². The zero-order valence-corrected chi connectivity index (χ0v) is 14.1. The van der Waals surface area contributed by atoms with E-state index >= 15 is 0 Å². The largest absolute Gasteiger partial charge is 0.493 e. The van der Waals surface area contributed by atoms with Crippen LogP contribution < -0.4 is 10.1 Å². The Kier molecular flexibility index (Phi) is 5.95. The van der Waals surface area contributed by atoms with Crippen molar-refractivity contribution in [1.29, 1.82) is 0 Å². The first-order chi connectivity index (χ1) is 10.5. The molecule has 1 N–H and O–H groups in total. The minimum absolute atomic E-state index is 0.184. The van der Waals surface area contributed by atoms with Crippen molar-refractivity contribution in [2.75, 3.05) is 11.9 Å². The standard InChI is InChI=1S/C16H14Cl3NO2/c1-10-2-4-12(5-3-10)22-7-6-15(21)20-16-13(18)8-11(17)9-14(16)19/h2-5,8-9H,6-7H2,1H3,(H,20,21). The molecule has 3 nitrogen and oxygen atoms in total. The summed E-state index contributed by atoms with van der Waals surface area (Å²) in [4.78, 5) is 11.9. The maximum Gasteiger partial charge on any atom is 0.227 e. The summed E-state index contributed by atoms with van der Waals surface area (Å²) in [6.45, 7) is 2.26. The highest BCUT2D eigenvalue weighted by atomic mass is 35.5. The lowest BCUT2D eigenvalue weighted by molar-refractivity contribution is -0.116. The second kappa shape index (κ2) is 7.73. The second-order valence-electron chi connectivity index (χ2n) is 4.70.